The largest absolute Gasteiger partial charge is 0.248 e. The smallest absolute Gasteiger partial charge is 0.207 e. The van der Waals surface area contributed by atoms with E-state index in [1.165, 1.54) is 5.56 Å². The van der Waals surface area contributed by atoms with Crippen molar-refractivity contribution in [2.75, 3.05) is 5.75 Å². The second-order valence-corrected chi connectivity index (χ2v) is 5.16. The van der Waals surface area contributed by atoms with Crippen LogP contribution >= 0.6 is 11.8 Å². The molecule has 1 fully saturated rings. The SMILES string of the molecule is FC1(F)CC(CSCc2ccccc2)C1. The molecule has 0 aliphatic heterocycles. The van der Waals surface area contributed by atoms with Gasteiger partial charge in [-0.2, -0.15) is 11.8 Å². The van der Waals surface area contributed by atoms with Crippen molar-refractivity contribution in [3.8, 4) is 0 Å². The Hall–Kier alpha value is -0.570. The van der Waals surface area contributed by atoms with Crippen molar-refractivity contribution < 1.29 is 8.78 Å². The van der Waals surface area contributed by atoms with Gasteiger partial charge in [-0.25, -0.2) is 8.78 Å². The highest BCUT2D eigenvalue weighted by atomic mass is 32.2. The summed E-state index contributed by atoms with van der Waals surface area (Å²) in [5.41, 5.74) is 1.27. The summed E-state index contributed by atoms with van der Waals surface area (Å²) >= 11 is 1.76. The predicted molar refractivity (Wildman–Crippen MR) is 60.3 cm³/mol. The summed E-state index contributed by atoms with van der Waals surface area (Å²) in [6, 6.07) is 10.1. The standard InChI is InChI=1S/C12H14F2S/c13-12(14)6-11(7-12)9-15-8-10-4-2-1-3-5-10/h1-5,11H,6-9H2. The Labute approximate surface area is 93.1 Å². The molecule has 1 aromatic rings. The van der Waals surface area contributed by atoms with Gasteiger partial charge in [-0.3, -0.25) is 0 Å². The number of halogens is 2. The van der Waals surface area contributed by atoms with Crippen molar-refractivity contribution in [1.29, 1.82) is 0 Å². The first-order chi connectivity index (χ1) is 7.16. The van der Waals surface area contributed by atoms with Crippen LogP contribution in [0, 0.1) is 5.92 Å². The van der Waals surface area contributed by atoms with E-state index in [0.29, 0.717) is 0 Å². The second kappa shape index (κ2) is 4.52. The Kier molecular flexibility index (Phi) is 3.29. The zero-order valence-electron chi connectivity index (χ0n) is 8.46. The zero-order chi connectivity index (χ0) is 10.7. The number of rotatable bonds is 4. The van der Waals surface area contributed by atoms with E-state index in [2.05, 4.69) is 12.1 Å². The lowest BCUT2D eigenvalue weighted by atomic mass is 9.83. The third kappa shape index (κ3) is 3.20. The molecule has 82 valence electrons. The van der Waals surface area contributed by atoms with Gasteiger partial charge >= 0.3 is 0 Å². The van der Waals surface area contributed by atoms with Gasteiger partial charge in [0.1, 0.15) is 0 Å². The lowest BCUT2D eigenvalue weighted by Gasteiger charge is -2.34. The second-order valence-electron chi connectivity index (χ2n) is 4.13. The minimum Gasteiger partial charge on any atom is -0.207 e. The molecule has 0 saturated heterocycles. The van der Waals surface area contributed by atoms with E-state index in [9.17, 15) is 8.78 Å². The quantitative estimate of drug-likeness (QED) is 0.751. The summed E-state index contributed by atoms with van der Waals surface area (Å²) in [7, 11) is 0. The Morgan fingerprint density at radius 3 is 2.47 bits per heavy atom. The van der Waals surface area contributed by atoms with Crippen LogP contribution in [0.15, 0.2) is 30.3 Å². The fraction of sp³-hybridized carbons (Fsp3) is 0.500. The minimum atomic E-state index is -2.36. The Morgan fingerprint density at radius 2 is 1.87 bits per heavy atom. The van der Waals surface area contributed by atoms with Crippen molar-refractivity contribution in [2.24, 2.45) is 5.92 Å². The molecule has 0 aromatic heterocycles. The molecular weight excluding hydrogens is 214 g/mol. The van der Waals surface area contributed by atoms with Gasteiger partial charge in [0.05, 0.1) is 0 Å². The summed E-state index contributed by atoms with van der Waals surface area (Å²) in [5.74, 6) is -0.334. The first-order valence-corrected chi connectivity index (χ1v) is 6.31. The van der Waals surface area contributed by atoms with E-state index in [1.54, 1.807) is 11.8 Å². The van der Waals surface area contributed by atoms with Crippen LogP contribution < -0.4 is 0 Å². The van der Waals surface area contributed by atoms with Crippen LogP contribution in [0.4, 0.5) is 8.78 Å². The summed E-state index contributed by atoms with van der Waals surface area (Å²) in [5, 5.41) is 0. The van der Waals surface area contributed by atoms with Crippen LogP contribution in [0.1, 0.15) is 18.4 Å². The van der Waals surface area contributed by atoms with Gasteiger partial charge in [0.25, 0.3) is 0 Å². The van der Waals surface area contributed by atoms with E-state index < -0.39 is 5.92 Å². The number of hydrogen-bond donors (Lipinski definition) is 0. The Morgan fingerprint density at radius 1 is 1.20 bits per heavy atom. The molecule has 1 saturated carbocycles. The first kappa shape index (κ1) is 10.9. The first-order valence-electron chi connectivity index (χ1n) is 5.15. The lowest BCUT2D eigenvalue weighted by molar-refractivity contribution is -0.103. The lowest BCUT2D eigenvalue weighted by Crippen LogP contribution is -2.36. The molecule has 0 atom stereocenters. The van der Waals surface area contributed by atoms with Gasteiger partial charge in [-0.05, 0) is 17.2 Å². The van der Waals surface area contributed by atoms with Crippen molar-refractivity contribution in [2.45, 2.75) is 24.5 Å². The number of alkyl halides is 2. The average Bonchev–Trinajstić information content (AvgIpc) is 2.16. The van der Waals surface area contributed by atoms with Gasteiger partial charge < -0.3 is 0 Å². The highest BCUT2D eigenvalue weighted by Gasteiger charge is 2.44. The molecule has 0 N–H and O–H groups in total. The molecule has 2 rings (SSSR count). The van der Waals surface area contributed by atoms with Gasteiger partial charge in [0.2, 0.25) is 5.92 Å². The van der Waals surface area contributed by atoms with Crippen molar-refractivity contribution in [3.63, 3.8) is 0 Å². The maximum absolute atomic E-state index is 12.5. The fourth-order valence-electron chi connectivity index (χ4n) is 1.82. The van der Waals surface area contributed by atoms with E-state index in [4.69, 9.17) is 0 Å². The average molecular weight is 228 g/mol. The molecule has 3 heteroatoms. The third-order valence-corrected chi connectivity index (χ3v) is 3.88. The Balaban J connectivity index is 1.64. The maximum Gasteiger partial charge on any atom is 0.248 e. The van der Waals surface area contributed by atoms with E-state index >= 15 is 0 Å². The number of thioether (sulfide) groups is 1. The monoisotopic (exact) mass is 228 g/mol. The molecule has 0 nitrogen and oxygen atoms in total. The molecule has 1 aromatic carbocycles. The van der Waals surface area contributed by atoms with Crippen LogP contribution in [0.5, 0.6) is 0 Å². The predicted octanol–water partition coefficient (Wildman–Crippen LogP) is 3.97. The molecule has 0 unspecified atom stereocenters. The van der Waals surface area contributed by atoms with Gasteiger partial charge in [0.15, 0.2) is 0 Å². The summed E-state index contributed by atoms with van der Waals surface area (Å²) in [4.78, 5) is 0. The van der Waals surface area contributed by atoms with E-state index in [0.717, 1.165) is 11.5 Å². The summed E-state index contributed by atoms with van der Waals surface area (Å²) < 4.78 is 25.1. The van der Waals surface area contributed by atoms with E-state index in [-0.39, 0.29) is 18.8 Å². The molecular formula is C12H14F2S. The van der Waals surface area contributed by atoms with Gasteiger partial charge in [-0.1, -0.05) is 30.3 Å². The Bertz CT molecular complexity index is 303. The highest BCUT2D eigenvalue weighted by molar-refractivity contribution is 7.98. The normalized spacial score (nSPS) is 19.9. The van der Waals surface area contributed by atoms with Crippen molar-refractivity contribution in [1.82, 2.24) is 0 Å². The topological polar surface area (TPSA) is 0 Å². The summed E-state index contributed by atoms with van der Waals surface area (Å²) in [6.45, 7) is 0. The van der Waals surface area contributed by atoms with Gasteiger partial charge in [-0.15, -0.1) is 0 Å². The van der Waals surface area contributed by atoms with Crippen molar-refractivity contribution in [3.05, 3.63) is 35.9 Å². The highest BCUT2D eigenvalue weighted by Crippen LogP contribution is 2.43. The minimum absolute atomic E-state index is 0.0921. The van der Waals surface area contributed by atoms with Gasteiger partial charge in [0, 0.05) is 18.6 Å². The number of benzene rings is 1. The maximum atomic E-state index is 12.5. The molecule has 15 heavy (non-hydrogen) atoms. The van der Waals surface area contributed by atoms with E-state index in [1.807, 2.05) is 18.2 Å². The fourth-order valence-corrected chi connectivity index (χ4v) is 2.94. The van der Waals surface area contributed by atoms with Crippen LogP contribution in [-0.4, -0.2) is 11.7 Å². The molecule has 1 aliphatic carbocycles. The van der Waals surface area contributed by atoms with Crippen LogP contribution in [-0.2, 0) is 5.75 Å². The zero-order valence-corrected chi connectivity index (χ0v) is 9.27. The molecule has 0 bridgehead atoms. The van der Waals surface area contributed by atoms with Crippen molar-refractivity contribution >= 4 is 11.8 Å². The number of hydrogen-bond acceptors (Lipinski definition) is 1. The van der Waals surface area contributed by atoms with Crippen LogP contribution in [0.2, 0.25) is 0 Å². The molecule has 0 amide bonds. The third-order valence-electron chi connectivity index (χ3n) is 2.64. The van der Waals surface area contributed by atoms with Crippen LogP contribution in [0.25, 0.3) is 0 Å². The van der Waals surface area contributed by atoms with Crippen LogP contribution in [0.3, 0.4) is 0 Å². The molecule has 0 spiro atoms. The molecule has 0 heterocycles. The molecule has 0 radical (unpaired) electrons. The molecule has 1 aliphatic rings. The summed E-state index contributed by atoms with van der Waals surface area (Å²) in [6.07, 6.45) is 0.184.